The van der Waals surface area contributed by atoms with E-state index in [0.29, 0.717) is 29.3 Å². The molecule has 182 valence electrons. The van der Waals surface area contributed by atoms with Crippen molar-refractivity contribution in [3.63, 3.8) is 0 Å². The fourth-order valence-corrected chi connectivity index (χ4v) is 4.69. The summed E-state index contributed by atoms with van der Waals surface area (Å²) >= 11 is 1.30. The maximum atomic E-state index is 13.6. The molecule has 1 saturated heterocycles. The number of amides is 3. The van der Waals surface area contributed by atoms with Crippen molar-refractivity contribution in [3.05, 3.63) is 88.1 Å². The van der Waals surface area contributed by atoms with Gasteiger partial charge in [-0.25, -0.2) is 0 Å². The third kappa shape index (κ3) is 6.35. The van der Waals surface area contributed by atoms with Crippen LogP contribution >= 0.6 is 11.3 Å². The third-order valence-corrected chi connectivity index (χ3v) is 6.74. The molecule has 35 heavy (non-hydrogen) atoms. The highest BCUT2D eigenvalue weighted by Gasteiger charge is 2.33. The van der Waals surface area contributed by atoms with Gasteiger partial charge >= 0.3 is 0 Å². The Morgan fingerprint density at radius 1 is 1.03 bits per heavy atom. The Kier molecular flexibility index (Phi) is 8.28. The molecule has 2 atom stereocenters. The van der Waals surface area contributed by atoms with E-state index in [4.69, 9.17) is 4.74 Å². The van der Waals surface area contributed by atoms with Crippen LogP contribution in [0.4, 0.5) is 5.69 Å². The summed E-state index contributed by atoms with van der Waals surface area (Å²) in [6, 6.07) is 19.2. The number of ether oxygens (including phenoxy) is 1. The monoisotopic (exact) mass is 491 g/mol. The molecule has 0 spiro atoms. The number of rotatable bonds is 9. The van der Waals surface area contributed by atoms with Gasteiger partial charge in [0.25, 0.3) is 5.91 Å². The largest absolute Gasteiger partial charge is 0.376 e. The molecule has 3 aromatic rings. The van der Waals surface area contributed by atoms with Crippen molar-refractivity contribution >= 4 is 34.7 Å². The third-order valence-electron chi connectivity index (χ3n) is 5.88. The van der Waals surface area contributed by atoms with Gasteiger partial charge in [0.05, 0.1) is 17.5 Å². The summed E-state index contributed by atoms with van der Waals surface area (Å²) < 4.78 is 5.65. The molecule has 3 amide bonds. The van der Waals surface area contributed by atoms with Crippen molar-refractivity contribution in [3.8, 4) is 0 Å². The van der Waals surface area contributed by atoms with Gasteiger partial charge in [0.1, 0.15) is 6.04 Å². The van der Waals surface area contributed by atoms with E-state index in [1.807, 2.05) is 61.5 Å². The minimum Gasteiger partial charge on any atom is -0.376 e. The van der Waals surface area contributed by atoms with E-state index in [1.54, 1.807) is 17.5 Å². The zero-order valence-corrected chi connectivity index (χ0v) is 20.4. The lowest BCUT2D eigenvalue weighted by Gasteiger charge is -2.32. The van der Waals surface area contributed by atoms with Gasteiger partial charge in [-0.15, -0.1) is 11.3 Å². The number of thiophene rings is 1. The van der Waals surface area contributed by atoms with Crippen LogP contribution in [0, 0.1) is 6.92 Å². The van der Waals surface area contributed by atoms with Gasteiger partial charge in [0.15, 0.2) is 0 Å². The van der Waals surface area contributed by atoms with Crippen LogP contribution in [0.3, 0.4) is 0 Å². The van der Waals surface area contributed by atoms with Gasteiger partial charge in [-0.1, -0.05) is 54.1 Å². The predicted octanol–water partition coefficient (Wildman–Crippen LogP) is 3.86. The fraction of sp³-hybridized carbons (Fsp3) is 0.296. The molecule has 2 N–H and O–H groups in total. The molecule has 0 radical (unpaired) electrons. The number of nitrogens with zero attached hydrogens (tertiary/aromatic N) is 1. The minimum atomic E-state index is -0.911. The molecule has 0 saturated carbocycles. The molecule has 0 aliphatic carbocycles. The lowest BCUT2D eigenvalue weighted by Crippen LogP contribution is -2.48. The Balaban J connectivity index is 1.62. The van der Waals surface area contributed by atoms with Crippen LogP contribution in [-0.2, 0) is 14.3 Å². The van der Waals surface area contributed by atoms with Crippen LogP contribution in [0.25, 0.3) is 0 Å². The highest BCUT2D eigenvalue weighted by Crippen LogP contribution is 2.28. The van der Waals surface area contributed by atoms with Crippen molar-refractivity contribution < 1.29 is 19.1 Å². The van der Waals surface area contributed by atoms with Crippen molar-refractivity contribution in [1.82, 2.24) is 10.6 Å². The predicted molar refractivity (Wildman–Crippen MR) is 136 cm³/mol. The van der Waals surface area contributed by atoms with Crippen LogP contribution in [0.5, 0.6) is 0 Å². The van der Waals surface area contributed by atoms with E-state index in [-0.39, 0.29) is 30.4 Å². The lowest BCUT2D eigenvalue weighted by molar-refractivity contribution is -0.126. The van der Waals surface area contributed by atoms with Gasteiger partial charge in [0.2, 0.25) is 11.8 Å². The summed E-state index contributed by atoms with van der Waals surface area (Å²) in [5, 5.41) is 7.49. The molecular weight excluding hydrogens is 462 g/mol. The standard InChI is InChI=1S/C27H29N3O4S/c1-19-11-13-21(14-12-19)30(24(31)18-29-26(32)23-10-6-16-35-23)25(20-7-3-2-4-8-20)27(33)28-17-22-9-5-15-34-22/h2-4,6-8,10-14,16,22,25H,5,9,15,17-18H2,1H3,(H,28,33)(H,29,32)/t22-,25+/m0/s1. The summed E-state index contributed by atoms with van der Waals surface area (Å²) in [6.45, 7) is 2.79. The molecule has 4 rings (SSSR count). The smallest absolute Gasteiger partial charge is 0.261 e. The number of hydrogen-bond donors (Lipinski definition) is 2. The van der Waals surface area contributed by atoms with Crippen LogP contribution < -0.4 is 15.5 Å². The zero-order chi connectivity index (χ0) is 24.6. The molecule has 1 aromatic heterocycles. The second-order valence-electron chi connectivity index (χ2n) is 8.45. The minimum absolute atomic E-state index is 0.0241. The molecule has 1 fully saturated rings. The first-order valence-corrected chi connectivity index (χ1v) is 12.6. The first kappa shape index (κ1) is 24.6. The quantitative estimate of drug-likeness (QED) is 0.476. The molecule has 0 unspecified atom stereocenters. The van der Waals surface area contributed by atoms with E-state index in [9.17, 15) is 14.4 Å². The maximum Gasteiger partial charge on any atom is 0.261 e. The van der Waals surface area contributed by atoms with E-state index < -0.39 is 6.04 Å². The van der Waals surface area contributed by atoms with E-state index >= 15 is 0 Å². The Labute approximate surface area is 209 Å². The molecule has 7 nitrogen and oxygen atoms in total. The number of anilines is 1. The Morgan fingerprint density at radius 3 is 2.46 bits per heavy atom. The van der Waals surface area contributed by atoms with Crippen molar-refractivity contribution in [1.29, 1.82) is 0 Å². The second kappa shape index (κ2) is 11.8. The first-order chi connectivity index (χ1) is 17.0. The topological polar surface area (TPSA) is 87.7 Å². The number of nitrogens with one attached hydrogen (secondary N) is 2. The summed E-state index contributed by atoms with van der Waals surface area (Å²) in [6.07, 6.45) is 1.84. The molecule has 0 bridgehead atoms. The number of carbonyl (C=O) groups excluding carboxylic acids is 3. The highest BCUT2D eigenvalue weighted by atomic mass is 32.1. The van der Waals surface area contributed by atoms with E-state index in [1.165, 1.54) is 16.2 Å². The van der Waals surface area contributed by atoms with E-state index in [0.717, 1.165) is 18.4 Å². The van der Waals surface area contributed by atoms with Crippen LogP contribution in [-0.4, -0.2) is 43.5 Å². The summed E-state index contributed by atoms with van der Waals surface area (Å²) in [4.78, 5) is 41.6. The van der Waals surface area contributed by atoms with Gasteiger partial charge in [-0.2, -0.15) is 0 Å². The normalized spacial score (nSPS) is 15.9. The Hall–Kier alpha value is -3.49. The molecular formula is C27H29N3O4S. The molecule has 2 heterocycles. The van der Waals surface area contributed by atoms with Crippen molar-refractivity contribution in [2.45, 2.75) is 31.9 Å². The summed E-state index contributed by atoms with van der Waals surface area (Å²) in [5.41, 5.74) is 2.29. The number of hydrogen-bond acceptors (Lipinski definition) is 5. The van der Waals surface area contributed by atoms with Crippen LogP contribution in [0.2, 0.25) is 0 Å². The van der Waals surface area contributed by atoms with Crippen molar-refractivity contribution in [2.75, 3.05) is 24.6 Å². The summed E-state index contributed by atoms with van der Waals surface area (Å²) in [7, 11) is 0. The number of benzene rings is 2. The fourth-order valence-electron chi connectivity index (χ4n) is 4.05. The average molecular weight is 492 g/mol. The lowest BCUT2D eigenvalue weighted by atomic mass is 10.0. The summed E-state index contributed by atoms with van der Waals surface area (Å²) in [5.74, 6) is -1.01. The molecule has 1 aliphatic rings. The maximum absolute atomic E-state index is 13.6. The Bertz CT molecular complexity index is 1130. The SMILES string of the molecule is Cc1ccc(N(C(=O)CNC(=O)c2cccs2)[C@@H](C(=O)NC[C@@H]2CCCO2)c2ccccc2)cc1. The van der Waals surface area contributed by atoms with Gasteiger partial charge in [-0.05, 0) is 48.9 Å². The number of carbonyl (C=O) groups is 3. The second-order valence-corrected chi connectivity index (χ2v) is 9.40. The van der Waals surface area contributed by atoms with Gasteiger partial charge in [-0.3, -0.25) is 19.3 Å². The highest BCUT2D eigenvalue weighted by molar-refractivity contribution is 7.12. The molecule has 2 aromatic carbocycles. The van der Waals surface area contributed by atoms with E-state index in [2.05, 4.69) is 10.6 Å². The number of aryl methyl sites for hydroxylation is 1. The zero-order valence-electron chi connectivity index (χ0n) is 19.6. The van der Waals surface area contributed by atoms with Gasteiger partial charge in [0, 0.05) is 18.8 Å². The van der Waals surface area contributed by atoms with Crippen LogP contribution in [0.15, 0.2) is 72.1 Å². The first-order valence-electron chi connectivity index (χ1n) is 11.7. The van der Waals surface area contributed by atoms with Crippen molar-refractivity contribution in [2.24, 2.45) is 0 Å². The molecule has 8 heteroatoms. The average Bonchev–Trinajstić information content (AvgIpc) is 3.60. The Morgan fingerprint density at radius 2 is 1.80 bits per heavy atom. The molecule has 1 aliphatic heterocycles. The van der Waals surface area contributed by atoms with Gasteiger partial charge < -0.3 is 15.4 Å². The van der Waals surface area contributed by atoms with Crippen LogP contribution in [0.1, 0.15) is 39.7 Å².